The fourth-order valence-corrected chi connectivity index (χ4v) is 3.16. The fourth-order valence-electron chi connectivity index (χ4n) is 2.03. The lowest BCUT2D eigenvalue weighted by atomic mass is 10.1. The van der Waals surface area contributed by atoms with Crippen LogP contribution in [-0.2, 0) is 9.59 Å². The van der Waals surface area contributed by atoms with Gasteiger partial charge in [0.15, 0.2) is 0 Å². The first-order valence-corrected chi connectivity index (χ1v) is 7.94. The van der Waals surface area contributed by atoms with Crippen LogP contribution in [0.15, 0.2) is 0 Å². The van der Waals surface area contributed by atoms with Crippen LogP contribution in [0.25, 0.3) is 0 Å². The van der Waals surface area contributed by atoms with Gasteiger partial charge in [-0.2, -0.15) is 11.8 Å². The molecule has 0 aromatic rings. The van der Waals surface area contributed by atoms with E-state index in [1.807, 2.05) is 4.90 Å². The van der Waals surface area contributed by atoms with Crippen molar-refractivity contribution in [2.75, 3.05) is 31.1 Å². The van der Waals surface area contributed by atoms with Gasteiger partial charge in [0.1, 0.15) is 0 Å². The van der Waals surface area contributed by atoms with Gasteiger partial charge in [0.25, 0.3) is 0 Å². The Labute approximate surface area is 119 Å². The van der Waals surface area contributed by atoms with Crippen LogP contribution < -0.4 is 5.32 Å². The second kappa shape index (κ2) is 8.43. The highest BCUT2D eigenvalue weighted by Crippen LogP contribution is 2.18. The van der Waals surface area contributed by atoms with Gasteiger partial charge in [-0.3, -0.25) is 14.5 Å². The molecule has 5 nitrogen and oxygen atoms in total. The molecule has 0 aromatic heterocycles. The first-order chi connectivity index (χ1) is 8.99. The Hall–Kier alpha value is -0.750. The molecule has 0 bridgehead atoms. The molecular formula is C13H24N2O3S. The van der Waals surface area contributed by atoms with Gasteiger partial charge in [-0.25, -0.2) is 0 Å². The summed E-state index contributed by atoms with van der Waals surface area (Å²) in [7, 11) is 0. The summed E-state index contributed by atoms with van der Waals surface area (Å²) in [6.07, 6.45) is 1.09. The van der Waals surface area contributed by atoms with E-state index in [0.29, 0.717) is 19.0 Å². The molecule has 0 spiro atoms. The molecule has 0 saturated carbocycles. The van der Waals surface area contributed by atoms with Crippen LogP contribution in [0.4, 0.5) is 0 Å². The maximum absolute atomic E-state index is 11.8. The number of carboxylic acids is 1. The maximum Gasteiger partial charge on any atom is 0.304 e. The minimum atomic E-state index is -0.794. The molecule has 1 saturated heterocycles. The number of rotatable bonds is 7. The Morgan fingerprint density at radius 3 is 2.84 bits per heavy atom. The van der Waals surface area contributed by atoms with Gasteiger partial charge < -0.3 is 10.4 Å². The van der Waals surface area contributed by atoms with Crippen molar-refractivity contribution in [2.24, 2.45) is 5.92 Å². The number of carbonyl (C=O) groups is 2. The van der Waals surface area contributed by atoms with Gasteiger partial charge in [0.05, 0.1) is 13.0 Å². The number of aliphatic carboxylic acids is 1. The smallest absolute Gasteiger partial charge is 0.304 e. The summed E-state index contributed by atoms with van der Waals surface area (Å²) >= 11 is 1.76. The zero-order valence-electron chi connectivity index (χ0n) is 11.7. The molecule has 2 N–H and O–H groups in total. The average molecular weight is 288 g/mol. The lowest BCUT2D eigenvalue weighted by molar-refractivity contribution is -0.138. The number of amides is 1. The van der Waals surface area contributed by atoms with Crippen molar-refractivity contribution in [3.63, 3.8) is 0 Å². The highest BCUT2D eigenvalue weighted by atomic mass is 32.2. The summed E-state index contributed by atoms with van der Waals surface area (Å²) in [5, 5.41) is 11.8. The SMILES string of the molecule is CC(C)CCNC(=O)CN1CCSCC1CC(=O)O. The molecule has 1 atom stereocenters. The van der Waals surface area contributed by atoms with Crippen LogP contribution in [0.3, 0.4) is 0 Å². The first-order valence-electron chi connectivity index (χ1n) is 6.79. The molecule has 0 radical (unpaired) electrons. The van der Waals surface area contributed by atoms with Crippen molar-refractivity contribution in [2.45, 2.75) is 32.7 Å². The second-order valence-electron chi connectivity index (χ2n) is 5.33. The number of hydrogen-bond acceptors (Lipinski definition) is 4. The van der Waals surface area contributed by atoms with E-state index in [2.05, 4.69) is 19.2 Å². The molecule has 1 aliphatic heterocycles. The van der Waals surface area contributed by atoms with Crippen LogP contribution in [0.1, 0.15) is 26.7 Å². The van der Waals surface area contributed by atoms with Crippen LogP contribution in [-0.4, -0.2) is 59.1 Å². The molecule has 110 valence electrons. The minimum Gasteiger partial charge on any atom is -0.481 e. The summed E-state index contributed by atoms with van der Waals surface area (Å²) in [4.78, 5) is 24.6. The highest BCUT2D eigenvalue weighted by molar-refractivity contribution is 7.99. The summed E-state index contributed by atoms with van der Waals surface area (Å²) in [5.74, 6) is 1.55. The lowest BCUT2D eigenvalue weighted by Gasteiger charge is -2.33. The number of nitrogens with zero attached hydrogens (tertiary/aromatic N) is 1. The summed E-state index contributed by atoms with van der Waals surface area (Å²) in [6.45, 7) is 6.05. The molecule has 1 rings (SSSR count). The summed E-state index contributed by atoms with van der Waals surface area (Å²) in [6, 6.07) is -0.0212. The van der Waals surface area contributed by atoms with Crippen molar-refractivity contribution in [1.29, 1.82) is 0 Å². The predicted molar refractivity (Wildman–Crippen MR) is 77.4 cm³/mol. The van der Waals surface area contributed by atoms with Crippen LogP contribution >= 0.6 is 11.8 Å². The molecule has 0 aliphatic carbocycles. The minimum absolute atomic E-state index is 0.00272. The van der Waals surface area contributed by atoms with E-state index in [-0.39, 0.29) is 18.4 Å². The standard InChI is InChI=1S/C13H24N2O3S/c1-10(2)3-4-14-12(16)8-15-5-6-19-9-11(15)7-13(17)18/h10-11H,3-9H2,1-2H3,(H,14,16)(H,17,18). The Bertz CT molecular complexity index is 310. The normalized spacial score (nSPS) is 20.5. The molecule has 1 aliphatic rings. The Balaban J connectivity index is 2.34. The van der Waals surface area contributed by atoms with Crippen molar-refractivity contribution >= 4 is 23.6 Å². The van der Waals surface area contributed by atoms with E-state index in [0.717, 1.165) is 24.5 Å². The summed E-state index contributed by atoms with van der Waals surface area (Å²) in [5.41, 5.74) is 0. The van der Waals surface area contributed by atoms with Crippen molar-refractivity contribution in [1.82, 2.24) is 10.2 Å². The zero-order valence-corrected chi connectivity index (χ0v) is 12.5. The largest absolute Gasteiger partial charge is 0.481 e. The van der Waals surface area contributed by atoms with Gasteiger partial charge in [-0.15, -0.1) is 0 Å². The molecule has 19 heavy (non-hydrogen) atoms. The first kappa shape index (κ1) is 16.3. The highest BCUT2D eigenvalue weighted by Gasteiger charge is 2.26. The van der Waals surface area contributed by atoms with Gasteiger partial charge in [-0.05, 0) is 12.3 Å². The van der Waals surface area contributed by atoms with Crippen molar-refractivity contribution in [3.05, 3.63) is 0 Å². The number of thioether (sulfide) groups is 1. The van der Waals surface area contributed by atoms with E-state index in [1.165, 1.54) is 0 Å². The number of carbonyl (C=O) groups excluding carboxylic acids is 1. The quantitative estimate of drug-likeness (QED) is 0.732. The van der Waals surface area contributed by atoms with E-state index >= 15 is 0 Å². The number of nitrogens with one attached hydrogen (secondary N) is 1. The third kappa shape index (κ3) is 6.82. The van der Waals surface area contributed by atoms with Gasteiger partial charge in [0, 0.05) is 30.6 Å². The van der Waals surface area contributed by atoms with Crippen LogP contribution in [0.2, 0.25) is 0 Å². The second-order valence-corrected chi connectivity index (χ2v) is 6.48. The zero-order chi connectivity index (χ0) is 14.3. The lowest BCUT2D eigenvalue weighted by Crippen LogP contribution is -2.48. The van der Waals surface area contributed by atoms with E-state index < -0.39 is 5.97 Å². The fraction of sp³-hybridized carbons (Fsp3) is 0.846. The van der Waals surface area contributed by atoms with Gasteiger partial charge in [-0.1, -0.05) is 13.8 Å². The Morgan fingerprint density at radius 2 is 2.21 bits per heavy atom. The van der Waals surface area contributed by atoms with Gasteiger partial charge in [0.2, 0.25) is 5.91 Å². The third-order valence-electron chi connectivity index (χ3n) is 3.15. The predicted octanol–water partition coefficient (Wildman–Crippen LogP) is 1.04. The molecule has 1 heterocycles. The molecule has 1 unspecified atom stereocenters. The van der Waals surface area contributed by atoms with E-state index in [9.17, 15) is 9.59 Å². The Kier molecular flexibility index (Phi) is 7.23. The van der Waals surface area contributed by atoms with Crippen molar-refractivity contribution < 1.29 is 14.7 Å². The van der Waals surface area contributed by atoms with Crippen molar-refractivity contribution in [3.8, 4) is 0 Å². The topological polar surface area (TPSA) is 69.6 Å². The maximum atomic E-state index is 11.8. The molecular weight excluding hydrogens is 264 g/mol. The molecule has 1 amide bonds. The van der Waals surface area contributed by atoms with Crippen LogP contribution in [0, 0.1) is 5.92 Å². The van der Waals surface area contributed by atoms with E-state index in [4.69, 9.17) is 5.11 Å². The molecule has 0 aromatic carbocycles. The van der Waals surface area contributed by atoms with Crippen LogP contribution in [0.5, 0.6) is 0 Å². The Morgan fingerprint density at radius 1 is 1.47 bits per heavy atom. The number of hydrogen-bond donors (Lipinski definition) is 2. The average Bonchev–Trinajstić information content (AvgIpc) is 2.30. The summed E-state index contributed by atoms with van der Waals surface area (Å²) < 4.78 is 0. The molecule has 6 heteroatoms. The van der Waals surface area contributed by atoms with Gasteiger partial charge >= 0.3 is 5.97 Å². The van der Waals surface area contributed by atoms with E-state index in [1.54, 1.807) is 11.8 Å². The molecule has 1 fully saturated rings. The third-order valence-corrected chi connectivity index (χ3v) is 4.24. The monoisotopic (exact) mass is 288 g/mol. The number of carboxylic acid groups (broad SMARTS) is 1.